The largest absolute Gasteiger partial charge is 0.371 e. The summed E-state index contributed by atoms with van der Waals surface area (Å²) in [6.45, 7) is 1.97. The number of anilines is 1. The van der Waals surface area contributed by atoms with Gasteiger partial charge in [0.1, 0.15) is 0 Å². The molecule has 0 bridgehead atoms. The Hall–Kier alpha value is -2.51. The van der Waals surface area contributed by atoms with E-state index in [4.69, 9.17) is 4.52 Å². The Morgan fingerprint density at radius 1 is 1.50 bits per heavy atom. The molecule has 8 heteroatoms. The Morgan fingerprint density at radius 3 is 2.95 bits per heavy atom. The fraction of sp³-hybridized carbons (Fsp3) is 0.333. The molecule has 0 saturated carbocycles. The second kappa shape index (κ2) is 6.09. The normalized spacial score (nSPS) is 10.3. The van der Waals surface area contributed by atoms with Gasteiger partial charge in [0.05, 0.1) is 5.56 Å². The summed E-state index contributed by atoms with van der Waals surface area (Å²) in [6, 6.07) is 1.32. The highest BCUT2D eigenvalue weighted by Gasteiger charge is 2.15. The molecule has 0 spiro atoms. The second-order valence-electron chi connectivity index (χ2n) is 4.01. The van der Waals surface area contributed by atoms with Gasteiger partial charge in [0.25, 0.3) is 5.91 Å². The first-order valence-electron chi connectivity index (χ1n) is 6.01. The summed E-state index contributed by atoms with van der Waals surface area (Å²) in [5.74, 6) is -0.199. The van der Waals surface area contributed by atoms with Crippen LogP contribution in [0.1, 0.15) is 22.1 Å². The summed E-state index contributed by atoms with van der Waals surface area (Å²) in [6.07, 6.45) is 1.78. The first-order chi connectivity index (χ1) is 9.61. The van der Waals surface area contributed by atoms with Crippen LogP contribution in [0.5, 0.6) is 0 Å². The van der Waals surface area contributed by atoms with E-state index in [1.807, 2.05) is 0 Å². The maximum atomic E-state index is 13.9. The number of hydrogen-bond acceptors (Lipinski definition) is 6. The van der Waals surface area contributed by atoms with Crippen LogP contribution in [0, 0.1) is 12.7 Å². The number of amides is 1. The quantitative estimate of drug-likeness (QED) is 0.845. The van der Waals surface area contributed by atoms with Crippen molar-refractivity contribution >= 4 is 11.7 Å². The lowest BCUT2D eigenvalue weighted by Gasteiger charge is -2.07. The van der Waals surface area contributed by atoms with E-state index in [0.717, 1.165) is 0 Å². The summed E-state index contributed by atoms with van der Waals surface area (Å²) in [5, 5.41) is 8.87. The molecule has 0 fully saturated rings. The van der Waals surface area contributed by atoms with E-state index in [2.05, 4.69) is 25.8 Å². The van der Waals surface area contributed by atoms with Crippen LogP contribution < -0.4 is 10.6 Å². The zero-order valence-corrected chi connectivity index (χ0v) is 11.1. The Bertz CT molecular complexity index is 614. The highest BCUT2D eigenvalue weighted by Crippen LogP contribution is 2.14. The minimum absolute atomic E-state index is 0.0337. The van der Waals surface area contributed by atoms with Crippen molar-refractivity contribution in [2.24, 2.45) is 0 Å². The summed E-state index contributed by atoms with van der Waals surface area (Å²) < 4.78 is 18.7. The minimum Gasteiger partial charge on any atom is -0.371 e. The Kier molecular flexibility index (Phi) is 4.24. The average molecular weight is 279 g/mol. The van der Waals surface area contributed by atoms with Crippen molar-refractivity contribution in [3.8, 4) is 0 Å². The molecule has 0 unspecified atom stereocenters. The molecule has 2 rings (SSSR count). The van der Waals surface area contributed by atoms with Crippen molar-refractivity contribution in [3.05, 3.63) is 35.4 Å². The lowest BCUT2D eigenvalue weighted by molar-refractivity contribution is 0.0950. The molecule has 106 valence electrons. The fourth-order valence-corrected chi connectivity index (χ4v) is 1.62. The van der Waals surface area contributed by atoms with Gasteiger partial charge in [-0.3, -0.25) is 4.79 Å². The van der Waals surface area contributed by atoms with Crippen LogP contribution >= 0.6 is 0 Å². The van der Waals surface area contributed by atoms with Gasteiger partial charge in [-0.1, -0.05) is 5.16 Å². The van der Waals surface area contributed by atoms with E-state index in [1.54, 1.807) is 6.92 Å². The molecule has 1 amide bonds. The molecule has 2 aromatic rings. The number of nitrogens with one attached hydrogen (secondary N) is 2. The number of carbonyl (C=O) groups excluding carboxylic acids is 1. The van der Waals surface area contributed by atoms with Crippen LogP contribution in [-0.4, -0.2) is 34.6 Å². The smallest absolute Gasteiger partial charge is 0.254 e. The summed E-state index contributed by atoms with van der Waals surface area (Å²) in [5.41, 5.74) is -0.0614. The van der Waals surface area contributed by atoms with Crippen molar-refractivity contribution in [1.82, 2.24) is 20.4 Å². The minimum atomic E-state index is -0.678. The van der Waals surface area contributed by atoms with Gasteiger partial charge in [-0.25, -0.2) is 9.37 Å². The van der Waals surface area contributed by atoms with E-state index < -0.39 is 11.7 Å². The van der Waals surface area contributed by atoms with Crippen molar-refractivity contribution < 1.29 is 13.7 Å². The SMILES string of the molecule is CNc1nccc(C(=O)NCCc2noc(C)n2)c1F. The number of aryl methyl sites for hydroxylation is 1. The van der Waals surface area contributed by atoms with Crippen LogP contribution in [0.15, 0.2) is 16.8 Å². The third kappa shape index (κ3) is 3.08. The third-order valence-electron chi connectivity index (χ3n) is 2.57. The Labute approximate surface area is 114 Å². The van der Waals surface area contributed by atoms with Crippen molar-refractivity contribution in [1.29, 1.82) is 0 Å². The molecule has 0 atom stereocenters. The lowest BCUT2D eigenvalue weighted by Crippen LogP contribution is -2.27. The molecule has 0 saturated heterocycles. The van der Waals surface area contributed by atoms with Gasteiger partial charge in [0.2, 0.25) is 5.89 Å². The predicted molar refractivity (Wildman–Crippen MR) is 68.8 cm³/mol. The van der Waals surface area contributed by atoms with Gasteiger partial charge in [0.15, 0.2) is 17.5 Å². The summed E-state index contributed by atoms with van der Waals surface area (Å²) in [4.78, 5) is 19.6. The van der Waals surface area contributed by atoms with Gasteiger partial charge in [-0.2, -0.15) is 4.98 Å². The monoisotopic (exact) mass is 279 g/mol. The number of pyridine rings is 1. The molecular formula is C12H14FN5O2. The number of halogens is 1. The standard InChI is InChI=1S/C12H14FN5O2/c1-7-17-9(18-20-7)4-6-16-12(19)8-3-5-15-11(14-2)10(8)13/h3,5H,4,6H2,1-2H3,(H,14,15)(H,16,19). The van der Waals surface area contributed by atoms with Crippen LogP contribution in [-0.2, 0) is 6.42 Å². The van der Waals surface area contributed by atoms with E-state index >= 15 is 0 Å². The highest BCUT2D eigenvalue weighted by atomic mass is 19.1. The molecule has 2 N–H and O–H groups in total. The van der Waals surface area contributed by atoms with Gasteiger partial charge in [0, 0.05) is 33.1 Å². The summed E-state index contributed by atoms with van der Waals surface area (Å²) >= 11 is 0. The summed E-state index contributed by atoms with van der Waals surface area (Å²) in [7, 11) is 1.53. The first-order valence-corrected chi connectivity index (χ1v) is 6.01. The molecule has 0 aliphatic heterocycles. The van der Waals surface area contributed by atoms with E-state index in [9.17, 15) is 9.18 Å². The number of rotatable bonds is 5. The van der Waals surface area contributed by atoms with Crippen LogP contribution in [0.4, 0.5) is 10.2 Å². The zero-order valence-electron chi connectivity index (χ0n) is 11.1. The molecule has 2 aromatic heterocycles. The maximum absolute atomic E-state index is 13.9. The molecule has 0 aliphatic rings. The first kappa shape index (κ1) is 13.9. The van der Waals surface area contributed by atoms with Gasteiger partial charge in [-0.15, -0.1) is 0 Å². The second-order valence-corrected chi connectivity index (χ2v) is 4.01. The van der Waals surface area contributed by atoms with Gasteiger partial charge in [-0.05, 0) is 6.07 Å². The van der Waals surface area contributed by atoms with Crippen LogP contribution in [0.25, 0.3) is 0 Å². The Morgan fingerprint density at radius 2 is 2.30 bits per heavy atom. The molecule has 2 heterocycles. The van der Waals surface area contributed by atoms with Gasteiger partial charge >= 0.3 is 0 Å². The van der Waals surface area contributed by atoms with Gasteiger partial charge < -0.3 is 15.2 Å². The van der Waals surface area contributed by atoms with E-state index in [-0.39, 0.29) is 17.9 Å². The molecular weight excluding hydrogens is 265 g/mol. The van der Waals surface area contributed by atoms with Crippen molar-refractivity contribution in [3.63, 3.8) is 0 Å². The maximum Gasteiger partial charge on any atom is 0.254 e. The molecule has 7 nitrogen and oxygen atoms in total. The number of hydrogen-bond donors (Lipinski definition) is 2. The van der Waals surface area contributed by atoms with Crippen LogP contribution in [0.2, 0.25) is 0 Å². The Balaban J connectivity index is 1.95. The van der Waals surface area contributed by atoms with Crippen molar-refractivity contribution in [2.75, 3.05) is 18.9 Å². The van der Waals surface area contributed by atoms with E-state index in [1.165, 1.54) is 19.3 Å². The lowest BCUT2D eigenvalue weighted by atomic mass is 10.2. The predicted octanol–water partition coefficient (Wildman–Crippen LogP) is 0.926. The zero-order chi connectivity index (χ0) is 14.5. The number of nitrogens with zero attached hydrogens (tertiary/aromatic N) is 3. The van der Waals surface area contributed by atoms with Crippen molar-refractivity contribution in [2.45, 2.75) is 13.3 Å². The number of aromatic nitrogens is 3. The molecule has 0 aliphatic carbocycles. The van der Waals surface area contributed by atoms with Crippen LogP contribution in [0.3, 0.4) is 0 Å². The number of carbonyl (C=O) groups is 1. The highest BCUT2D eigenvalue weighted by molar-refractivity contribution is 5.95. The average Bonchev–Trinajstić information content (AvgIpc) is 2.84. The topological polar surface area (TPSA) is 92.9 Å². The molecule has 0 aromatic carbocycles. The third-order valence-corrected chi connectivity index (χ3v) is 2.57. The molecule has 0 radical (unpaired) electrons. The fourth-order valence-electron chi connectivity index (χ4n) is 1.62. The van der Waals surface area contributed by atoms with E-state index in [0.29, 0.717) is 18.1 Å². The molecule has 20 heavy (non-hydrogen) atoms.